The largest absolute Gasteiger partial charge is 0.487 e. The van der Waals surface area contributed by atoms with Crippen molar-refractivity contribution >= 4 is 5.97 Å². The van der Waals surface area contributed by atoms with Gasteiger partial charge in [-0.25, -0.2) is 0 Å². The van der Waals surface area contributed by atoms with Crippen molar-refractivity contribution in [1.29, 1.82) is 0 Å². The number of hydrogen-bond donors (Lipinski definition) is 1. The minimum absolute atomic E-state index is 0.0298. The summed E-state index contributed by atoms with van der Waals surface area (Å²) in [5.74, 6) is -0.110. The van der Waals surface area contributed by atoms with Gasteiger partial charge in [-0.3, -0.25) is 9.48 Å². The second-order valence-corrected chi connectivity index (χ2v) is 4.60. The van der Waals surface area contributed by atoms with Crippen molar-refractivity contribution in [1.82, 2.24) is 9.78 Å². The van der Waals surface area contributed by atoms with Gasteiger partial charge in [0.2, 0.25) is 0 Å². The van der Waals surface area contributed by atoms with E-state index in [2.05, 4.69) is 5.10 Å². The molecule has 1 aromatic carbocycles. The molecule has 0 spiro atoms. The predicted molar refractivity (Wildman–Crippen MR) is 74.8 cm³/mol. The van der Waals surface area contributed by atoms with Crippen molar-refractivity contribution in [3.05, 3.63) is 47.3 Å². The summed E-state index contributed by atoms with van der Waals surface area (Å²) in [4.78, 5) is 10.6. The lowest BCUT2D eigenvalue weighted by atomic mass is 10.1. The van der Waals surface area contributed by atoms with Gasteiger partial charge in [0.25, 0.3) is 0 Å². The Bertz CT molecular complexity index is 588. The van der Waals surface area contributed by atoms with Crippen LogP contribution in [0.15, 0.2) is 30.3 Å². The summed E-state index contributed by atoms with van der Waals surface area (Å²) < 4.78 is 7.61. The summed E-state index contributed by atoms with van der Waals surface area (Å²) in [6.45, 7) is 5.25. The van der Waals surface area contributed by atoms with E-state index in [1.807, 2.05) is 24.6 Å². The zero-order valence-corrected chi connectivity index (χ0v) is 11.7. The Hall–Kier alpha value is -2.30. The van der Waals surface area contributed by atoms with Gasteiger partial charge in [0.1, 0.15) is 12.4 Å². The fraction of sp³-hybridized carbons (Fsp3) is 0.333. The van der Waals surface area contributed by atoms with Crippen LogP contribution in [0.1, 0.15) is 23.9 Å². The number of carboxylic acid groups (broad SMARTS) is 1. The molecular weight excluding hydrogens is 256 g/mol. The molecule has 2 aromatic rings. The van der Waals surface area contributed by atoms with E-state index in [-0.39, 0.29) is 6.42 Å². The summed E-state index contributed by atoms with van der Waals surface area (Å²) in [5.41, 5.74) is 2.76. The normalized spacial score (nSPS) is 10.5. The van der Waals surface area contributed by atoms with Crippen molar-refractivity contribution in [3.8, 4) is 5.75 Å². The maximum absolute atomic E-state index is 10.6. The summed E-state index contributed by atoms with van der Waals surface area (Å²) >= 11 is 0. The average Bonchev–Trinajstić information content (AvgIpc) is 2.78. The molecule has 0 fully saturated rings. The number of aromatic nitrogens is 2. The fourth-order valence-corrected chi connectivity index (χ4v) is 2.02. The number of carbonyl (C=O) groups is 1. The molecular formula is C15H18N2O3. The van der Waals surface area contributed by atoms with Gasteiger partial charge < -0.3 is 9.84 Å². The highest BCUT2D eigenvalue weighted by Gasteiger charge is 2.05. The second-order valence-electron chi connectivity index (χ2n) is 4.60. The lowest BCUT2D eigenvalue weighted by Gasteiger charge is -2.08. The molecule has 5 heteroatoms. The summed E-state index contributed by atoms with van der Waals surface area (Å²) in [6.07, 6.45) is 0.0298. The Morgan fingerprint density at radius 2 is 2.05 bits per heavy atom. The van der Waals surface area contributed by atoms with Crippen molar-refractivity contribution in [3.63, 3.8) is 0 Å². The molecule has 0 unspecified atom stereocenters. The maximum Gasteiger partial charge on any atom is 0.307 e. The van der Waals surface area contributed by atoms with Crippen LogP contribution < -0.4 is 4.74 Å². The van der Waals surface area contributed by atoms with Gasteiger partial charge in [-0.2, -0.15) is 5.10 Å². The molecule has 0 bridgehead atoms. The molecule has 0 aliphatic carbocycles. The van der Waals surface area contributed by atoms with E-state index in [1.54, 1.807) is 24.3 Å². The molecule has 0 saturated heterocycles. The van der Waals surface area contributed by atoms with Crippen LogP contribution >= 0.6 is 0 Å². The standard InChI is InChI=1S/C15H18N2O3/c1-3-17-13(8-11(2)16-17)10-20-14-6-4-12(5-7-14)9-15(18)19/h4-8H,3,9-10H2,1-2H3,(H,18,19). The third-order valence-corrected chi connectivity index (χ3v) is 2.95. The van der Waals surface area contributed by atoms with E-state index in [0.717, 1.165) is 29.2 Å². The van der Waals surface area contributed by atoms with Gasteiger partial charge in [-0.15, -0.1) is 0 Å². The van der Waals surface area contributed by atoms with Crippen LogP contribution in [0.4, 0.5) is 0 Å². The number of rotatable bonds is 6. The molecule has 20 heavy (non-hydrogen) atoms. The van der Waals surface area contributed by atoms with Gasteiger partial charge >= 0.3 is 5.97 Å². The molecule has 0 radical (unpaired) electrons. The minimum Gasteiger partial charge on any atom is -0.487 e. The van der Waals surface area contributed by atoms with E-state index in [9.17, 15) is 4.79 Å². The van der Waals surface area contributed by atoms with Crippen molar-refractivity contribution < 1.29 is 14.6 Å². The van der Waals surface area contributed by atoms with Gasteiger partial charge in [-0.05, 0) is 37.6 Å². The topological polar surface area (TPSA) is 64.4 Å². The first-order chi connectivity index (χ1) is 9.58. The fourth-order valence-electron chi connectivity index (χ4n) is 2.02. The highest BCUT2D eigenvalue weighted by Crippen LogP contribution is 2.15. The van der Waals surface area contributed by atoms with Crippen LogP contribution in [0.25, 0.3) is 0 Å². The first kappa shape index (κ1) is 14.1. The lowest BCUT2D eigenvalue weighted by Crippen LogP contribution is -2.06. The molecule has 2 rings (SSSR count). The van der Waals surface area contributed by atoms with E-state index >= 15 is 0 Å². The number of carboxylic acids is 1. The van der Waals surface area contributed by atoms with Gasteiger partial charge in [0, 0.05) is 6.54 Å². The highest BCUT2D eigenvalue weighted by atomic mass is 16.5. The van der Waals surface area contributed by atoms with Crippen LogP contribution in [-0.2, 0) is 24.4 Å². The van der Waals surface area contributed by atoms with Crippen LogP contribution in [0.2, 0.25) is 0 Å². The first-order valence-electron chi connectivity index (χ1n) is 6.55. The molecule has 0 amide bonds. The van der Waals surface area contributed by atoms with Crippen molar-refractivity contribution in [2.45, 2.75) is 33.4 Å². The summed E-state index contributed by atoms with van der Waals surface area (Å²) in [6, 6.07) is 9.12. The lowest BCUT2D eigenvalue weighted by molar-refractivity contribution is -0.136. The number of aryl methyl sites for hydroxylation is 2. The Labute approximate surface area is 117 Å². The highest BCUT2D eigenvalue weighted by molar-refractivity contribution is 5.70. The third-order valence-electron chi connectivity index (χ3n) is 2.95. The Morgan fingerprint density at radius 3 is 2.65 bits per heavy atom. The summed E-state index contributed by atoms with van der Waals surface area (Å²) in [5, 5.41) is 13.1. The van der Waals surface area contributed by atoms with Crippen LogP contribution in [0.3, 0.4) is 0 Å². The van der Waals surface area contributed by atoms with Crippen LogP contribution in [-0.4, -0.2) is 20.9 Å². The zero-order chi connectivity index (χ0) is 14.5. The van der Waals surface area contributed by atoms with E-state index < -0.39 is 5.97 Å². The maximum atomic E-state index is 10.6. The van der Waals surface area contributed by atoms with Crippen molar-refractivity contribution in [2.24, 2.45) is 0 Å². The number of benzene rings is 1. The number of ether oxygens (including phenoxy) is 1. The second kappa shape index (κ2) is 6.23. The Morgan fingerprint density at radius 1 is 1.35 bits per heavy atom. The SMILES string of the molecule is CCn1nc(C)cc1COc1ccc(CC(=O)O)cc1. The molecule has 1 heterocycles. The Kier molecular flexibility index (Phi) is 4.40. The molecule has 1 aromatic heterocycles. The zero-order valence-electron chi connectivity index (χ0n) is 11.7. The molecule has 0 saturated carbocycles. The van der Waals surface area contributed by atoms with Gasteiger partial charge in [-0.1, -0.05) is 12.1 Å². The quantitative estimate of drug-likeness (QED) is 0.878. The predicted octanol–water partition coefficient (Wildman–Crippen LogP) is 2.42. The van der Waals surface area contributed by atoms with E-state index in [1.165, 1.54) is 0 Å². The first-order valence-corrected chi connectivity index (χ1v) is 6.55. The van der Waals surface area contributed by atoms with Gasteiger partial charge in [0.05, 0.1) is 17.8 Å². The molecule has 0 atom stereocenters. The number of hydrogen-bond acceptors (Lipinski definition) is 3. The van der Waals surface area contributed by atoms with Gasteiger partial charge in [0.15, 0.2) is 0 Å². The summed E-state index contributed by atoms with van der Waals surface area (Å²) in [7, 11) is 0. The average molecular weight is 274 g/mol. The Balaban J connectivity index is 1.98. The smallest absolute Gasteiger partial charge is 0.307 e. The molecule has 0 aliphatic rings. The monoisotopic (exact) mass is 274 g/mol. The van der Waals surface area contributed by atoms with E-state index in [4.69, 9.17) is 9.84 Å². The van der Waals surface area contributed by atoms with E-state index in [0.29, 0.717) is 6.61 Å². The number of aliphatic carboxylic acids is 1. The molecule has 1 N–H and O–H groups in total. The van der Waals surface area contributed by atoms with Crippen molar-refractivity contribution in [2.75, 3.05) is 0 Å². The van der Waals surface area contributed by atoms with Crippen LogP contribution in [0, 0.1) is 6.92 Å². The molecule has 5 nitrogen and oxygen atoms in total. The molecule has 106 valence electrons. The van der Waals surface area contributed by atoms with Crippen LogP contribution in [0.5, 0.6) is 5.75 Å². The molecule has 0 aliphatic heterocycles. The number of nitrogens with zero attached hydrogens (tertiary/aromatic N) is 2. The minimum atomic E-state index is -0.832. The third kappa shape index (κ3) is 3.60.